The lowest BCUT2D eigenvalue weighted by atomic mass is 10.1. The fourth-order valence-corrected chi connectivity index (χ4v) is 2.86. The second-order valence-electron chi connectivity index (χ2n) is 7.64. The van der Waals surface area contributed by atoms with Crippen molar-refractivity contribution in [3.8, 4) is 11.8 Å². The third-order valence-electron chi connectivity index (χ3n) is 4.09. The molecule has 1 aliphatic rings. The Balaban J connectivity index is 1.71. The molecule has 1 fully saturated rings. The highest BCUT2D eigenvalue weighted by atomic mass is 19.1. The lowest BCUT2D eigenvalue weighted by Gasteiger charge is -2.19. The standard InChI is InChI=1S/C22H23FN2O5/c1-22(2,3)30-21(26)25-16-6-4-5-14(11-16)13-29-17-8-7-15(12-24)18(19(17)23)20-27-9-10-28-20/h4-8,11,20H,9-10,13H2,1-3H3,(H,25,26). The fraction of sp³-hybridized carbons (Fsp3) is 0.364. The van der Waals surface area contributed by atoms with E-state index in [9.17, 15) is 14.4 Å². The van der Waals surface area contributed by atoms with Gasteiger partial charge in [-0.2, -0.15) is 5.26 Å². The number of ether oxygens (including phenoxy) is 4. The molecule has 0 aliphatic carbocycles. The van der Waals surface area contributed by atoms with Crippen LogP contribution in [-0.4, -0.2) is 24.9 Å². The van der Waals surface area contributed by atoms with Crippen LogP contribution in [0.4, 0.5) is 14.9 Å². The minimum absolute atomic E-state index is 0.0198. The molecule has 1 N–H and O–H groups in total. The highest BCUT2D eigenvalue weighted by molar-refractivity contribution is 5.84. The molecule has 2 aromatic rings. The van der Waals surface area contributed by atoms with E-state index in [1.807, 2.05) is 6.07 Å². The normalized spacial score (nSPS) is 14.2. The van der Waals surface area contributed by atoms with Gasteiger partial charge in [0.25, 0.3) is 0 Å². The molecule has 158 valence electrons. The van der Waals surface area contributed by atoms with Crippen molar-refractivity contribution < 1.29 is 28.1 Å². The summed E-state index contributed by atoms with van der Waals surface area (Å²) in [5.41, 5.74) is 0.798. The highest BCUT2D eigenvalue weighted by Crippen LogP contribution is 2.33. The summed E-state index contributed by atoms with van der Waals surface area (Å²) in [6, 6.07) is 11.8. The number of halogens is 1. The van der Waals surface area contributed by atoms with Gasteiger partial charge in [0.15, 0.2) is 17.9 Å². The van der Waals surface area contributed by atoms with Crippen LogP contribution in [0, 0.1) is 17.1 Å². The number of anilines is 1. The van der Waals surface area contributed by atoms with Crippen molar-refractivity contribution in [2.24, 2.45) is 0 Å². The van der Waals surface area contributed by atoms with Crippen LogP contribution < -0.4 is 10.1 Å². The lowest BCUT2D eigenvalue weighted by molar-refractivity contribution is -0.0469. The van der Waals surface area contributed by atoms with Gasteiger partial charge in [-0.05, 0) is 50.6 Å². The third kappa shape index (κ3) is 5.47. The van der Waals surface area contributed by atoms with E-state index in [4.69, 9.17) is 18.9 Å². The summed E-state index contributed by atoms with van der Waals surface area (Å²) in [5.74, 6) is -0.711. The van der Waals surface area contributed by atoms with Gasteiger partial charge in [0.05, 0.1) is 30.4 Å². The van der Waals surface area contributed by atoms with Gasteiger partial charge < -0.3 is 18.9 Å². The van der Waals surface area contributed by atoms with Crippen LogP contribution in [0.1, 0.15) is 43.8 Å². The number of carbonyl (C=O) groups is 1. The van der Waals surface area contributed by atoms with Crippen molar-refractivity contribution in [3.63, 3.8) is 0 Å². The van der Waals surface area contributed by atoms with Crippen molar-refractivity contribution in [1.29, 1.82) is 5.26 Å². The second-order valence-corrected chi connectivity index (χ2v) is 7.64. The Labute approximate surface area is 174 Å². The van der Waals surface area contributed by atoms with Crippen LogP contribution in [0.2, 0.25) is 0 Å². The lowest BCUT2D eigenvalue weighted by Crippen LogP contribution is -2.27. The highest BCUT2D eigenvalue weighted by Gasteiger charge is 2.27. The smallest absolute Gasteiger partial charge is 0.412 e. The first kappa shape index (κ1) is 21.6. The number of carbonyl (C=O) groups excluding carboxylic acids is 1. The van der Waals surface area contributed by atoms with E-state index in [2.05, 4.69) is 5.32 Å². The van der Waals surface area contributed by atoms with Gasteiger partial charge in [0.1, 0.15) is 12.2 Å². The zero-order valence-electron chi connectivity index (χ0n) is 17.0. The van der Waals surface area contributed by atoms with E-state index in [1.54, 1.807) is 45.0 Å². The van der Waals surface area contributed by atoms with Gasteiger partial charge in [-0.15, -0.1) is 0 Å². The summed E-state index contributed by atoms with van der Waals surface area (Å²) >= 11 is 0. The molecule has 0 saturated carbocycles. The first-order valence-corrected chi connectivity index (χ1v) is 9.44. The molecule has 7 nitrogen and oxygen atoms in total. The zero-order chi connectivity index (χ0) is 21.7. The van der Waals surface area contributed by atoms with Crippen molar-refractivity contribution in [1.82, 2.24) is 0 Å². The van der Waals surface area contributed by atoms with Crippen molar-refractivity contribution in [2.45, 2.75) is 39.3 Å². The molecule has 1 amide bonds. The van der Waals surface area contributed by atoms with Crippen molar-refractivity contribution >= 4 is 11.8 Å². The van der Waals surface area contributed by atoms with Gasteiger partial charge in [0, 0.05) is 5.69 Å². The molecule has 0 spiro atoms. The Kier molecular flexibility index (Phi) is 6.55. The van der Waals surface area contributed by atoms with Crippen LogP contribution in [0.5, 0.6) is 5.75 Å². The van der Waals surface area contributed by atoms with Crippen molar-refractivity contribution in [3.05, 3.63) is 58.9 Å². The Morgan fingerprint density at radius 1 is 1.27 bits per heavy atom. The van der Waals surface area contributed by atoms with Gasteiger partial charge in [-0.25, -0.2) is 9.18 Å². The van der Waals surface area contributed by atoms with Gasteiger partial charge >= 0.3 is 6.09 Å². The van der Waals surface area contributed by atoms with E-state index in [0.29, 0.717) is 24.5 Å². The molecule has 1 aliphatic heterocycles. The van der Waals surface area contributed by atoms with Crippen LogP contribution in [0.3, 0.4) is 0 Å². The average Bonchev–Trinajstić information content (AvgIpc) is 3.19. The Morgan fingerprint density at radius 3 is 2.67 bits per heavy atom. The summed E-state index contributed by atoms with van der Waals surface area (Å²) < 4.78 is 36.5. The molecule has 1 saturated heterocycles. The number of benzene rings is 2. The summed E-state index contributed by atoms with van der Waals surface area (Å²) in [6.45, 7) is 6.05. The number of nitrogens with zero attached hydrogens (tertiary/aromatic N) is 1. The van der Waals surface area contributed by atoms with E-state index in [1.165, 1.54) is 12.1 Å². The van der Waals surface area contributed by atoms with Crippen LogP contribution in [-0.2, 0) is 20.8 Å². The molecule has 1 heterocycles. The Morgan fingerprint density at radius 2 is 2.00 bits per heavy atom. The molecule has 2 aromatic carbocycles. The number of hydrogen-bond donors (Lipinski definition) is 1. The summed E-state index contributed by atoms with van der Waals surface area (Å²) in [7, 11) is 0. The largest absolute Gasteiger partial charge is 0.486 e. The predicted octanol–water partition coefficient (Wildman–Crippen LogP) is 4.67. The number of hydrogen-bond acceptors (Lipinski definition) is 6. The second kappa shape index (κ2) is 9.11. The Bertz CT molecular complexity index is 959. The predicted molar refractivity (Wildman–Crippen MR) is 106 cm³/mol. The monoisotopic (exact) mass is 414 g/mol. The molecular formula is C22H23FN2O5. The SMILES string of the molecule is CC(C)(C)OC(=O)Nc1cccc(COc2ccc(C#N)c(C3OCCO3)c2F)c1. The molecular weight excluding hydrogens is 391 g/mol. The van der Waals surface area contributed by atoms with E-state index in [-0.39, 0.29) is 23.5 Å². The van der Waals surface area contributed by atoms with Gasteiger partial charge in [-0.3, -0.25) is 5.32 Å². The number of nitrogens with one attached hydrogen (secondary N) is 1. The Hall–Kier alpha value is -3.15. The quantitative estimate of drug-likeness (QED) is 0.765. The minimum atomic E-state index is -0.926. The first-order valence-electron chi connectivity index (χ1n) is 9.44. The third-order valence-corrected chi connectivity index (χ3v) is 4.09. The van der Waals surface area contributed by atoms with E-state index in [0.717, 1.165) is 0 Å². The molecule has 30 heavy (non-hydrogen) atoms. The average molecular weight is 414 g/mol. The van der Waals surface area contributed by atoms with E-state index >= 15 is 0 Å². The molecule has 0 atom stereocenters. The molecule has 0 unspecified atom stereocenters. The molecule has 0 bridgehead atoms. The van der Waals surface area contributed by atoms with Gasteiger partial charge in [0.2, 0.25) is 0 Å². The first-order chi connectivity index (χ1) is 14.3. The molecule has 8 heteroatoms. The summed E-state index contributed by atoms with van der Waals surface area (Å²) in [4.78, 5) is 11.9. The fourth-order valence-electron chi connectivity index (χ4n) is 2.86. The molecule has 0 radical (unpaired) electrons. The van der Waals surface area contributed by atoms with Crippen molar-refractivity contribution in [2.75, 3.05) is 18.5 Å². The zero-order valence-corrected chi connectivity index (χ0v) is 17.0. The topological polar surface area (TPSA) is 89.8 Å². The maximum absolute atomic E-state index is 15.0. The summed E-state index contributed by atoms with van der Waals surface area (Å²) in [5, 5.41) is 11.9. The number of amides is 1. The van der Waals surface area contributed by atoms with Gasteiger partial charge in [-0.1, -0.05) is 12.1 Å². The minimum Gasteiger partial charge on any atom is -0.486 e. The number of nitriles is 1. The molecule has 3 rings (SSSR count). The maximum atomic E-state index is 15.0. The van der Waals surface area contributed by atoms with E-state index < -0.39 is 23.8 Å². The summed E-state index contributed by atoms with van der Waals surface area (Å²) in [6.07, 6.45) is -1.50. The molecule has 0 aromatic heterocycles. The number of rotatable bonds is 5. The van der Waals surface area contributed by atoms with Crippen LogP contribution in [0.15, 0.2) is 36.4 Å². The van der Waals surface area contributed by atoms with Crippen LogP contribution in [0.25, 0.3) is 0 Å². The van der Waals surface area contributed by atoms with Crippen LogP contribution >= 0.6 is 0 Å². The maximum Gasteiger partial charge on any atom is 0.412 e.